The van der Waals surface area contributed by atoms with Gasteiger partial charge in [-0.2, -0.15) is 4.98 Å². The van der Waals surface area contributed by atoms with Crippen LogP contribution in [0.25, 0.3) is 0 Å². The summed E-state index contributed by atoms with van der Waals surface area (Å²) in [6.45, 7) is 6.17. The number of aromatic nitrogens is 1. The zero-order valence-electron chi connectivity index (χ0n) is 12.5. The molecule has 2 rings (SSSR count). The second kappa shape index (κ2) is 6.08. The van der Waals surface area contributed by atoms with Crippen molar-refractivity contribution >= 4 is 5.82 Å². The predicted octanol–water partition coefficient (Wildman–Crippen LogP) is 4.63. The lowest BCUT2D eigenvalue weighted by atomic mass is 9.98. The minimum atomic E-state index is -0.836. The van der Waals surface area contributed by atoms with Crippen LogP contribution in [0, 0.1) is 18.6 Å². The Kier molecular flexibility index (Phi) is 4.40. The van der Waals surface area contributed by atoms with E-state index in [1.54, 1.807) is 6.07 Å². The number of aryl methyl sites for hydroxylation is 1. The normalized spacial score (nSPS) is 10.8. The van der Waals surface area contributed by atoms with E-state index < -0.39 is 11.6 Å². The molecule has 0 aliphatic heterocycles. The van der Waals surface area contributed by atoms with Gasteiger partial charge in [0.05, 0.1) is 0 Å². The highest BCUT2D eigenvalue weighted by molar-refractivity contribution is 5.42. The standard InChI is InChI=1S/C16H18F2N2O/c1-9(2)12-6-5-11(7-10(12)3)21-16-14(18)8-13(17)15(19-4)20-16/h5-9H,1-4H3,(H,19,20). The highest BCUT2D eigenvalue weighted by Crippen LogP contribution is 2.29. The summed E-state index contributed by atoms with van der Waals surface area (Å²) >= 11 is 0. The van der Waals surface area contributed by atoms with Crippen LogP contribution in [0.2, 0.25) is 0 Å². The van der Waals surface area contributed by atoms with Crippen molar-refractivity contribution in [2.45, 2.75) is 26.7 Å². The third kappa shape index (κ3) is 3.29. The fourth-order valence-electron chi connectivity index (χ4n) is 2.17. The molecule has 0 unspecified atom stereocenters. The van der Waals surface area contributed by atoms with Crippen molar-refractivity contribution in [3.63, 3.8) is 0 Å². The van der Waals surface area contributed by atoms with Gasteiger partial charge in [0.15, 0.2) is 17.5 Å². The minimum absolute atomic E-state index is 0.0538. The highest BCUT2D eigenvalue weighted by atomic mass is 19.1. The SMILES string of the molecule is CNc1nc(Oc2ccc(C(C)C)c(C)c2)c(F)cc1F. The predicted molar refractivity (Wildman–Crippen MR) is 79.0 cm³/mol. The number of rotatable bonds is 4. The number of hydrogen-bond donors (Lipinski definition) is 1. The van der Waals surface area contributed by atoms with Gasteiger partial charge in [-0.25, -0.2) is 8.78 Å². The molecule has 0 aliphatic carbocycles. The lowest BCUT2D eigenvalue weighted by molar-refractivity contribution is 0.417. The maximum atomic E-state index is 13.7. The van der Waals surface area contributed by atoms with E-state index in [0.717, 1.165) is 11.6 Å². The van der Waals surface area contributed by atoms with Crippen LogP contribution in [-0.2, 0) is 0 Å². The molecule has 5 heteroatoms. The number of anilines is 1. The Morgan fingerprint density at radius 1 is 1.14 bits per heavy atom. The van der Waals surface area contributed by atoms with Gasteiger partial charge in [0.1, 0.15) is 5.75 Å². The van der Waals surface area contributed by atoms with Gasteiger partial charge in [0.2, 0.25) is 0 Å². The molecule has 0 saturated heterocycles. The van der Waals surface area contributed by atoms with Crippen LogP contribution in [-0.4, -0.2) is 12.0 Å². The number of ether oxygens (including phenoxy) is 1. The molecule has 112 valence electrons. The summed E-state index contributed by atoms with van der Waals surface area (Å²) in [6, 6.07) is 6.27. The van der Waals surface area contributed by atoms with E-state index in [1.165, 1.54) is 12.6 Å². The fraction of sp³-hybridized carbons (Fsp3) is 0.312. The molecular weight excluding hydrogens is 274 g/mol. The third-order valence-corrected chi connectivity index (χ3v) is 3.21. The summed E-state index contributed by atoms with van der Waals surface area (Å²) in [5.41, 5.74) is 2.25. The molecule has 0 bridgehead atoms. The van der Waals surface area contributed by atoms with Crippen molar-refractivity contribution in [3.8, 4) is 11.6 Å². The van der Waals surface area contributed by atoms with Crippen molar-refractivity contribution < 1.29 is 13.5 Å². The summed E-state index contributed by atoms with van der Waals surface area (Å²) < 4.78 is 32.5. The van der Waals surface area contributed by atoms with Gasteiger partial charge in [0, 0.05) is 13.1 Å². The van der Waals surface area contributed by atoms with Gasteiger partial charge in [-0.15, -0.1) is 0 Å². The Balaban J connectivity index is 2.32. The van der Waals surface area contributed by atoms with Crippen molar-refractivity contribution in [3.05, 3.63) is 47.0 Å². The molecule has 0 aliphatic rings. The van der Waals surface area contributed by atoms with Crippen molar-refractivity contribution in [1.29, 1.82) is 0 Å². The quantitative estimate of drug-likeness (QED) is 0.892. The van der Waals surface area contributed by atoms with E-state index in [-0.39, 0.29) is 11.7 Å². The van der Waals surface area contributed by atoms with Crippen LogP contribution in [0.4, 0.5) is 14.6 Å². The second-order valence-corrected chi connectivity index (χ2v) is 5.13. The molecule has 0 spiro atoms. The van der Waals surface area contributed by atoms with Gasteiger partial charge in [-0.3, -0.25) is 0 Å². The van der Waals surface area contributed by atoms with Crippen molar-refractivity contribution in [2.75, 3.05) is 12.4 Å². The first-order valence-electron chi connectivity index (χ1n) is 6.74. The molecule has 1 N–H and O–H groups in total. The Morgan fingerprint density at radius 2 is 1.86 bits per heavy atom. The summed E-state index contributed by atoms with van der Waals surface area (Å²) in [5.74, 6) is -1.03. The van der Waals surface area contributed by atoms with E-state index in [4.69, 9.17) is 4.74 Å². The number of hydrogen-bond acceptors (Lipinski definition) is 3. The maximum Gasteiger partial charge on any atom is 0.258 e. The molecule has 0 amide bonds. The molecule has 21 heavy (non-hydrogen) atoms. The van der Waals surface area contributed by atoms with Crippen molar-refractivity contribution in [1.82, 2.24) is 4.98 Å². The summed E-state index contributed by atoms with van der Waals surface area (Å²) in [7, 11) is 1.51. The molecule has 2 aromatic rings. The first-order chi connectivity index (χ1) is 9.92. The second-order valence-electron chi connectivity index (χ2n) is 5.13. The Hall–Kier alpha value is -2.17. The first-order valence-corrected chi connectivity index (χ1v) is 6.74. The van der Waals surface area contributed by atoms with Crippen molar-refractivity contribution in [2.24, 2.45) is 0 Å². The van der Waals surface area contributed by atoms with Crippen LogP contribution in [0.5, 0.6) is 11.6 Å². The zero-order chi connectivity index (χ0) is 15.6. The number of halogens is 2. The first kappa shape index (κ1) is 15.2. The third-order valence-electron chi connectivity index (χ3n) is 3.21. The van der Waals surface area contributed by atoms with Gasteiger partial charge >= 0.3 is 0 Å². The average molecular weight is 292 g/mol. The van der Waals surface area contributed by atoms with E-state index >= 15 is 0 Å². The molecule has 0 saturated carbocycles. The molecular formula is C16H18F2N2O. The monoisotopic (exact) mass is 292 g/mol. The average Bonchev–Trinajstić information content (AvgIpc) is 2.41. The largest absolute Gasteiger partial charge is 0.436 e. The molecule has 3 nitrogen and oxygen atoms in total. The lowest BCUT2D eigenvalue weighted by Gasteiger charge is -2.13. The van der Waals surface area contributed by atoms with Gasteiger partial charge in [0.25, 0.3) is 5.88 Å². The molecule has 1 aromatic carbocycles. The molecule has 0 fully saturated rings. The molecule has 0 atom stereocenters. The number of nitrogens with zero attached hydrogens (tertiary/aromatic N) is 1. The topological polar surface area (TPSA) is 34.2 Å². The van der Waals surface area contributed by atoms with E-state index in [1.807, 2.05) is 19.1 Å². The van der Waals surface area contributed by atoms with Gasteiger partial charge < -0.3 is 10.1 Å². The number of nitrogens with one attached hydrogen (secondary N) is 1. The summed E-state index contributed by atoms with van der Waals surface area (Å²) in [4.78, 5) is 3.79. The van der Waals surface area contributed by atoms with Crippen LogP contribution in [0.1, 0.15) is 30.9 Å². The Bertz CT molecular complexity index is 657. The maximum absolute atomic E-state index is 13.7. The highest BCUT2D eigenvalue weighted by Gasteiger charge is 2.13. The fourth-order valence-corrected chi connectivity index (χ4v) is 2.17. The number of pyridine rings is 1. The summed E-state index contributed by atoms with van der Waals surface area (Å²) in [5, 5.41) is 2.55. The molecule has 1 heterocycles. The van der Waals surface area contributed by atoms with E-state index in [9.17, 15) is 8.78 Å². The Morgan fingerprint density at radius 3 is 2.43 bits per heavy atom. The van der Waals surface area contributed by atoms with E-state index in [0.29, 0.717) is 11.7 Å². The van der Waals surface area contributed by atoms with Crippen LogP contribution < -0.4 is 10.1 Å². The Labute approximate surface area is 123 Å². The van der Waals surface area contributed by atoms with Crippen LogP contribution in [0.3, 0.4) is 0 Å². The molecule has 0 radical (unpaired) electrons. The van der Waals surface area contributed by atoms with Gasteiger partial charge in [-0.05, 0) is 36.1 Å². The minimum Gasteiger partial charge on any atom is -0.436 e. The van der Waals surface area contributed by atoms with Crippen LogP contribution >= 0.6 is 0 Å². The van der Waals surface area contributed by atoms with E-state index in [2.05, 4.69) is 24.1 Å². The molecule has 1 aromatic heterocycles. The van der Waals surface area contributed by atoms with Gasteiger partial charge in [-0.1, -0.05) is 19.9 Å². The van der Waals surface area contributed by atoms with Crippen LogP contribution in [0.15, 0.2) is 24.3 Å². The lowest BCUT2D eigenvalue weighted by Crippen LogP contribution is -2.01. The number of benzene rings is 1. The smallest absolute Gasteiger partial charge is 0.258 e. The summed E-state index contributed by atoms with van der Waals surface area (Å²) in [6.07, 6.45) is 0. The zero-order valence-corrected chi connectivity index (χ0v) is 12.5.